The molecule has 2 aliphatic carbocycles. The van der Waals surface area contributed by atoms with Crippen LogP contribution in [0.4, 0.5) is 17.1 Å². The molecule has 3 aromatic carbocycles. The number of carbonyl (C=O) groups is 2. The van der Waals surface area contributed by atoms with Gasteiger partial charge in [0.1, 0.15) is 11.5 Å². The minimum absolute atomic E-state index is 0.124. The van der Waals surface area contributed by atoms with Gasteiger partial charge in [-0.1, -0.05) is 24.3 Å². The molecule has 0 fully saturated rings. The molecule has 0 saturated carbocycles. The third-order valence-corrected chi connectivity index (χ3v) is 5.75. The van der Waals surface area contributed by atoms with E-state index in [1.807, 2.05) is 6.08 Å². The summed E-state index contributed by atoms with van der Waals surface area (Å²) in [5.74, 6) is -1.20. The molecule has 0 radical (unpaired) electrons. The standard InChI is InChI=1S/C26H20N2O4/c29-17-11-7-15(8-12-17)27-21-5-1-3-19-23(21)26(32)20-4-2-6-22(24(20)25(19)31)28-16-9-13-18(30)14-10-16/h1-14,19,23,27-30H. The lowest BCUT2D eigenvalue weighted by atomic mass is 9.70. The van der Waals surface area contributed by atoms with Crippen molar-refractivity contribution in [1.29, 1.82) is 0 Å². The van der Waals surface area contributed by atoms with Crippen molar-refractivity contribution < 1.29 is 19.8 Å². The minimum Gasteiger partial charge on any atom is -0.508 e. The van der Waals surface area contributed by atoms with Crippen molar-refractivity contribution in [3.05, 3.63) is 102 Å². The lowest BCUT2D eigenvalue weighted by molar-refractivity contribution is 0.0795. The number of nitrogens with one attached hydrogen (secondary N) is 2. The maximum atomic E-state index is 13.5. The molecular formula is C26H20N2O4. The molecule has 0 aliphatic heterocycles. The number of anilines is 3. The second-order valence-electron chi connectivity index (χ2n) is 7.81. The maximum Gasteiger partial charge on any atom is 0.173 e. The number of hydrogen-bond acceptors (Lipinski definition) is 6. The van der Waals surface area contributed by atoms with Gasteiger partial charge in [0.15, 0.2) is 11.6 Å². The maximum absolute atomic E-state index is 13.5. The fraction of sp³-hybridized carbons (Fsp3) is 0.0769. The molecule has 6 nitrogen and oxygen atoms in total. The lowest BCUT2D eigenvalue weighted by Crippen LogP contribution is -2.39. The SMILES string of the molecule is O=C1c2c(Nc3ccc(O)cc3)cccc2C(=O)C2C(Nc3ccc(O)cc3)=CC=CC12. The van der Waals surface area contributed by atoms with Crippen molar-refractivity contribution >= 4 is 28.6 Å². The highest BCUT2D eigenvalue weighted by atomic mass is 16.3. The van der Waals surface area contributed by atoms with E-state index in [1.165, 1.54) is 0 Å². The van der Waals surface area contributed by atoms with Gasteiger partial charge in [-0.05, 0) is 60.7 Å². The van der Waals surface area contributed by atoms with Crippen LogP contribution >= 0.6 is 0 Å². The summed E-state index contributed by atoms with van der Waals surface area (Å²) in [7, 11) is 0. The number of ketones is 2. The van der Waals surface area contributed by atoms with E-state index in [9.17, 15) is 19.8 Å². The van der Waals surface area contributed by atoms with Gasteiger partial charge >= 0.3 is 0 Å². The van der Waals surface area contributed by atoms with E-state index in [-0.39, 0.29) is 23.1 Å². The van der Waals surface area contributed by atoms with Crippen LogP contribution in [0, 0.1) is 11.8 Å². The van der Waals surface area contributed by atoms with Crippen molar-refractivity contribution in [3.63, 3.8) is 0 Å². The quantitative estimate of drug-likeness (QED) is 0.439. The molecule has 0 saturated heterocycles. The Morgan fingerprint density at radius 1 is 0.719 bits per heavy atom. The Morgan fingerprint density at radius 2 is 1.34 bits per heavy atom. The molecule has 5 rings (SSSR count). The Kier molecular flexibility index (Phi) is 4.75. The van der Waals surface area contributed by atoms with Crippen LogP contribution in [0.2, 0.25) is 0 Å². The normalized spacial score (nSPS) is 19.1. The number of benzene rings is 3. The van der Waals surface area contributed by atoms with Gasteiger partial charge in [-0.2, -0.15) is 0 Å². The Bertz CT molecular complexity index is 1270. The van der Waals surface area contributed by atoms with Gasteiger partial charge in [0.2, 0.25) is 0 Å². The highest BCUT2D eigenvalue weighted by Gasteiger charge is 2.44. The van der Waals surface area contributed by atoms with Gasteiger partial charge in [0, 0.05) is 22.6 Å². The zero-order valence-corrected chi connectivity index (χ0v) is 16.9. The van der Waals surface area contributed by atoms with Crippen LogP contribution in [0.25, 0.3) is 0 Å². The van der Waals surface area contributed by atoms with Crippen molar-refractivity contribution in [3.8, 4) is 11.5 Å². The third-order valence-electron chi connectivity index (χ3n) is 5.75. The van der Waals surface area contributed by atoms with E-state index in [4.69, 9.17) is 0 Å². The Hall–Kier alpha value is -4.32. The third kappa shape index (κ3) is 3.41. The van der Waals surface area contributed by atoms with Crippen LogP contribution in [0.3, 0.4) is 0 Å². The molecule has 2 aliphatic rings. The van der Waals surface area contributed by atoms with Crippen molar-refractivity contribution in [2.24, 2.45) is 11.8 Å². The number of phenolic OH excluding ortho intramolecular Hbond substituents is 2. The van der Waals surface area contributed by atoms with E-state index < -0.39 is 11.8 Å². The molecule has 0 aromatic heterocycles. The highest BCUT2D eigenvalue weighted by molar-refractivity contribution is 6.20. The number of Topliss-reactive ketones (excluding diaryl/α,β-unsaturated/α-hetero) is 2. The average Bonchev–Trinajstić information content (AvgIpc) is 2.80. The zero-order valence-electron chi connectivity index (χ0n) is 16.9. The molecule has 4 N–H and O–H groups in total. The summed E-state index contributed by atoms with van der Waals surface area (Å²) in [6.45, 7) is 0. The largest absolute Gasteiger partial charge is 0.508 e. The molecule has 32 heavy (non-hydrogen) atoms. The van der Waals surface area contributed by atoms with E-state index in [0.29, 0.717) is 28.2 Å². The molecule has 0 spiro atoms. The smallest absolute Gasteiger partial charge is 0.173 e. The molecule has 0 amide bonds. The fourth-order valence-corrected chi connectivity index (χ4v) is 4.22. The van der Waals surface area contributed by atoms with Gasteiger partial charge in [-0.15, -0.1) is 0 Å². The topological polar surface area (TPSA) is 98.7 Å². The first-order valence-corrected chi connectivity index (χ1v) is 10.2. The van der Waals surface area contributed by atoms with Crippen molar-refractivity contribution in [1.82, 2.24) is 0 Å². The minimum atomic E-state index is -0.641. The second-order valence-corrected chi connectivity index (χ2v) is 7.81. The number of hydrogen-bond donors (Lipinski definition) is 4. The summed E-state index contributed by atoms with van der Waals surface area (Å²) >= 11 is 0. The summed E-state index contributed by atoms with van der Waals surface area (Å²) in [5, 5.41) is 25.5. The van der Waals surface area contributed by atoms with Gasteiger partial charge in [-0.3, -0.25) is 9.59 Å². The van der Waals surface area contributed by atoms with Crippen molar-refractivity contribution in [2.45, 2.75) is 0 Å². The first-order chi connectivity index (χ1) is 15.5. The summed E-state index contributed by atoms with van der Waals surface area (Å²) in [6, 6.07) is 18.3. The van der Waals surface area contributed by atoms with Gasteiger partial charge in [0.25, 0.3) is 0 Å². The number of aromatic hydroxyl groups is 2. The Morgan fingerprint density at radius 3 is 2.00 bits per heavy atom. The first-order valence-electron chi connectivity index (χ1n) is 10.2. The second kappa shape index (κ2) is 7.74. The van der Waals surface area contributed by atoms with Crippen LogP contribution in [-0.2, 0) is 0 Å². The number of allylic oxidation sites excluding steroid dienone is 4. The molecular weight excluding hydrogens is 404 g/mol. The van der Waals surface area contributed by atoms with Crippen LogP contribution in [0.15, 0.2) is 90.7 Å². The van der Waals surface area contributed by atoms with E-state index in [0.717, 1.165) is 5.69 Å². The van der Waals surface area contributed by atoms with Crippen LogP contribution in [0.1, 0.15) is 20.7 Å². The monoisotopic (exact) mass is 424 g/mol. The van der Waals surface area contributed by atoms with E-state index in [1.54, 1.807) is 78.9 Å². The van der Waals surface area contributed by atoms with Gasteiger partial charge in [0.05, 0.1) is 23.1 Å². The van der Waals surface area contributed by atoms with Crippen LogP contribution in [0.5, 0.6) is 11.5 Å². The first kappa shape index (κ1) is 19.6. The molecule has 2 unspecified atom stereocenters. The lowest BCUT2D eigenvalue weighted by Gasteiger charge is -2.33. The molecule has 3 aromatic rings. The number of carbonyl (C=O) groups excluding carboxylic acids is 2. The zero-order chi connectivity index (χ0) is 22.2. The number of rotatable bonds is 4. The van der Waals surface area contributed by atoms with Crippen molar-refractivity contribution in [2.75, 3.05) is 10.6 Å². The molecule has 6 heteroatoms. The molecule has 0 bridgehead atoms. The van der Waals surface area contributed by atoms with E-state index in [2.05, 4.69) is 10.6 Å². The Labute approximate surface area is 184 Å². The Balaban J connectivity index is 1.50. The summed E-state index contributed by atoms with van der Waals surface area (Å²) in [5.41, 5.74) is 3.38. The number of fused-ring (bicyclic) bond motifs is 2. The van der Waals surface area contributed by atoms with E-state index >= 15 is 0 Å². The summed E-state index contributed by atoms with van der Waals surface area (Å²) < 4.78 is 0. The molecule has 0 heterocycles. The van der Waals surface area contributed by atoms with Crippen LogP contribution < -0.4 is 10.6 Å². The average molecular weight is 424 g/mol. The van der Waals surface area contributed by atoms with Crippen LogP contribution in [-0.4, -0.2) is 21.8 Å². The van der Waals surface area contributed by atoms with Gasteiger partial charge < -0.3 is 20.8 Å². The fourth-order valence-electron chi connectivity index (χ4n) is 4.22. The molecule has 2 atom stereocenters. The summed E-state index contributed by atoms with van der Waals surface area (Å²) in [6.07, 6.45) is 5.37. The predicted octanol–water partition coefficient (Wildman–Crippen LogP) is 5.02. The highest BCUT2D eigenvalue weighted by Crippen LogP contribution is 2.41. The number of phenols is 2. The summed E-state index contributed by atoms with van der Waals surface area (Å²) in [4.78, 5) is 27.1. The predicted molar refractivity (Wildman–Crippen MR) is 122 cm³/mol. The van der Waals surface area contributed by atoms with Gasteiger partial charge in [-0.25, -0.2) is 0 Å². The molecule has 158 valence electrons.